The third-order valence-electron chi connectivity index (χ3n) is 4.27. The summed E-state index contributed by atoms with van der Waals surface area (Å²) < 4.78 is 11.6. The van der Waals surface area contributed by atoms with Crippen molar-refractivity contribution >= 4 is 10.9 Å². The molecule has 1 aliphatic rings. The molecule has 1 aromatic carbocycles. The van der Waals surface area contributed by atoms with Gasteiger partial charge in [-0.25, -0.2) is 4.98 Å². The second-order valence-electron chi connectivity index (χ2n) is 6.28. The fraction of sp³-hybridized carbons (Fsp3) is 0.316. The van der Waals surface area contributed by atoms with Gasteiger partial charge in [0.2, 0.25) is 5.88 Å². The summed E-state index contributed by atoms with van der Waals surface area (Å²) in [7, 11) is 0. The first-order chi connectivity index (χ1) is 11.2. The van der Waals surface area contributed by atoms with Crippen molar-refractivity contribution in [2.45, 2.75) is 33.0 Å². The molecule has 2 aromatic heterocycles. The van der Waals surface area contributed by atoms with E-state index >= 15 is 0 Å². The minimum Gasteiger partial charge on any atom is -0.473 e. The SMILES string of the molecule is Cc1cccc2cc3c(nc12)O[C@@H](C)CN(Cc1ccco1)C3. The standard InChI is InChI=1S/C19H20N2O2/c1-13-5-3-6-15-9-16-11-21(12-17-7-4-8-22-17)10-14(2)23-19(16)20-18(13)15/h3-9,14H,10-12H2,1-2H3/t14-/m0/s1. The minimum absolute atomic E-state index is 0.0974. The van der Waals surface area contributed by atoms with Crippen LogP contribution in [0.25, 0.3) is 10.9 Å². The zero-order valence-electron chi connectivity index (χ0n) is 13.5. The van der Waals surface area contributed by atoms with E-state index in [-0.39, 0.29) is 6.10 Å². The van der Waals surface area contributed by atoms with Crippen molar-refractivity contribution in [2.75, 3.05) is 6.54 Å². The number of para-hydroxylation sites is 1. The lowest BCUT2D eigenvalue weighted by Crippen LogP contribution is -2.30. The number of hydrogen-bond donors (Lipinski definition) is 0. The Bertz CT molecular complexity index is 827. The molecule has 0 radical (unpaired) electrons. The van der Waals surface area contributed by atoms with Gasteiger partial charge in [-0.15, -0.1) is 0 Å². The lowest BCUT2D eigenvalue weighted by molar-refractivity contribution is 0.147. The molecule has 4 nitrogen and oxygen atoms in total. The first-order valence-corrected chi connectivity index (χ1v) is 7.99. The van der Waals surface area contributed by atoms with E-state index in [1.165, 1.54) is 10.9 Å². The normalized spacial score (nSPS) is 18.4. The lowest BCUT2D eigenvalue weighted by Gasteiger charge is -2.20. The van der Waals surface area contributed by atoms with Crippen LogP contribution in [0.4, 0.5) is 0 Å². The van der Waals surface area contributed by atoms with Gasteiger partial charge in [-0.1, -0.05) is 18.2 Å². The quantitative estimate of drug-likeness (QED) is 0.719. The van der Waals surface area contributed by atoms with Crippen LogP contribution in [0.5, 0.6) is 5.88 Å². The van der Waals surface area contributed by atoms with Crippen molar-refractivity contribution < 1.29 is 9.15 Å². The molecule has 0 unspecified atom stereocenters. The third-order valence-corrected chi connectivity index (χ3v) is 4.27. The van der Waals surface area contributed by atoms with Crippen LogP contribution in [-0.2, 0) is 13.1 Å². The number of aryl methyl sites for hydroxylation is 1. The number of ether oxygens (including phenoxy) is 1. The summed E-state index contributed by atoms with van der Waals surface area (Å²) in [5.74, 6) is 1.74. The zero-order valence-corrected chi connectivity index (χ0v) is 13.5. The van der Waals surface area contributed by atoms with Crippen molar-refractivity contribution in [3.05, 3.63) is 59.5 Å². The summed E-state index contributed by atoms with van der Waals surface area (Å²) in [5.41, 5.74) is 3.34. The monoisotopic (exact) mass is 308 g/mol. The second kappa shape index (κ2) is 5.70. The van der Waals surface area contributed by atoms with Crippen LogP contribution < -0.4 is 4.74 Å². The molecule has 3 aromatic rings. The Morgan fingerprint density at radius 3 is 3.00 bits per heavy atom. The van der Waals surface area contributed by atoms with Gasteiger partial charge < -0.3 is 9.15 Å². The molecule has 118 valence electrons. The fourth-order valence-electron chi connectivity index (χ4n) is 3.23. The molecule has 0 N–H and O–H groups in total. The molecule has 0 spiro atoms. The number of rotatable bonds is 2. The third kappa shape index (κ3) is 2.82. The molecule has 23 heavy (non-hydrogen) atoms. The molecule has 0 saturated heterocycles. The Morgan fingerprint density at radius 1 is 1.26 bits per heavy atom. The van der Waals surface area contributed by atoms with E-state index in [2.05, 4.69) is 43.0 Å². The van der Waals surface area contributed by atoms with Crippen LogP contribution in [0.1, 0.15) is 23.8 Å². The summed E-state index contributed by atoms with van der Waals surface area (Å²) >= 11 is 0. The van der Waals surface area contributed by atoms with Gasteiger partial charge in [0.25, 0.3) is 0 Å². The Morgan fingerprint density at radius 2 is 2.17 bits per heavy atom. The summed E-state index contributed by atoms with van der Waals surface area (Å²) in [4.78, 5) is 7.13. The maximum absolute atomic E-state index is 6.09. The van der Waals surface area contributed by atoms with E-state index in [0.29, 0.717) is 0 Å². The maximum atomic E-state index is 6.09. The largest absolute Gasteiger partial charge is 0.473 e. The van der Waals surface area contributed by atoms with Gasteiger partial charge in [0.15, 0.2) is 0 Å². The topological polar surface area (TPSA) is 38.5 Å². The van der Waals surface area contributed by atoms with E-state index in [9.17, 15) is 0 Å². The maximum Gasteiger partial charge on any atom is 0.218 e. The molecule has 4 rings (SSSR count). The molecule has 0 amide bonds. The molecule has 0 fully saturated rings. The molecule has 1 aliphatic heterocycles. The van der Waals surface area contributed by atoms with Crippen molar-refractivity contribution in [1.82, 2.24) is 9.88 Å². The van der Waals surface area contributed by atoms with Crippen LogP contribution in [0, 0.1) is 6.92 Å². The van der Waals surface area contributed by atoms with E-state index in [1.54, 1.807) is 6.26 Å². The molecule has 0 bridgehead atoms. The van der Waals surface area contributed by atoms with Crippen LogP contribution in [0.3, 0.4) is 0 Å². The molecule has 1 atom stereocenters. The van der Waals surface area contributed by atoms with Crippen LogP contribution in [0.2, 0.25) is 0 Å². The van der Waals surface area contributed by atoms with Gasteiger partial charge in [0, 0.05) is 24.0 Å². The summed E-state index contributed by atoms with van der Waals surface area (Å²) in [6, 6.07) is 12.4. The van der Waals surface area contributed by atoms with Gasteiger partial charge in [-0.2, -0.15) is 0 Å². The Kier molecular flexibility index (Phi) is 3.54. The van der Waals surface area contributed by atoms with Gasteiger partial charge in [0.05, 0.1) is 18.3 Å². The van der Waals surface area contributed by atoms with Crippen molar-refractivity contribution in [1.29, 1.82) is 0 Å². The summed E-state index contributed by atoms with van der Waals surface area (Å²) in [5, 5.41) is 1.17. The highest BCUT2D eigenvalue weighted by Gasteiger charge is 2.22. The lowest BCUT2D eigenvalue weighted by atomic mass is 10.1. The average Bonchev–Trinajstić information content (AvgIpc) is 2.96. The van der Waals surface area contributed by atoms with E-state index < -0.39 is 0 Å². The van der Waals surface area contributed by atoms with Crippen LogP contribution >= 0.6 is 0 Å². The van der Waals surface area contributed by atoms with Crippen LogP contribution in [0.15, 0.2) is 47.1 Å². The first-order valence-electron chi connectivity index (χ1n) is 7.99. The summed E-state index contributed by atoms with van der Waals surface area (Å²) in [6.07, 6.45) is 1.82. The van der Waals surface area contributed by atoms with E-state index in [0.717, 1.165) is 42.4 Å². The Balaban J connectivity index is 1.71. The molecule has 4 heteroatoms. The molecule has 0 saturated carbocycles. The summed E-state index contributed by atoms with van der Waals surface area (Å²) in [6.45, 7) is 6.63. The van der Waals surface area contributed by atoms with Gasteiger partial charge >= 0.3 is 0 Å². The number of nitrogens with zero attached hydrogens (tertiary/aromatic N) is 2. The number of benzene rings is 1. The van der Waals surface area contributed by atoms with Gasteiger partial charge in [0.1, 0.15) is 11.9 Å². The van der Waals surface area contributed by atoms with E-state index in [1.807, 2.05) is 12.1 Å². The highest BCUT2D eigenvalue weighted by Crippen LogP contribution is 2.29. The fourth-order valence-corrected chi connectivity index (χ4v) is 3.23. The number of pyridine rings is 1. The average molecular weight is 308 g/mol. The number of aromatic nitrogens is 1. The molecule has 0 aliphatic carbocycles. The number of hydrogen-bond acceptors (Lipinski definition) is 4. The number of furan rings is 1. The number of fused-ring (bicyclic) bond motifs is 2. The zero-order chi connectivity index (χ0) is 15.8. The predicted octanol–water partition coefficient (Wildman–Crippen LogP) is 3.92. The van der Waals surface area contributed by atoms with Crippen LogP contribution in [-0.4, -0.2) is 22.5 Å². The van der Waals surface area contributed by atoms with Gasteiger partial charge in [-0.05, 0) is 37.6 Å². The predicted molar refractivity (Wildman–Crippen MR) is 89.4 cm³/mol. The smallest absolute Gasteiger partial charge is 0.218 e. The van der Waals surface area contributed by atoms with Crippen molar-refractivity contribution in [2.24, 2.45) is 0 Å². The molecular weight excluding hydrogens is 288 g/mol. The Hall–Kier alpha value is -2.33. The van der Waals surface area contributed by atoms with Gasteiger partial charge in [-0.3, -0.25) is 4.90 Å². The second-order valence-corrected chi connectivity index (χ2v) is 6.28. The first kappa shape index (κ1) is 14.3. The highest BCUT2D eigenvalue weighted by molar-refractivity contribution is 5.83. The van der Waals surface area contributed by atoms with Crippen molar-refractivity contribution in [3.8, 4) is 5.88 Å². The molecule has 3 heterocycles. The Labute approximate surface area is 135 Å². The molecular formula is C19H20N2O2. The minimum atomic E-state index is 0.0974. The van der Waals surface area contributed by atoms with Crippen molar-refractivity contribution in [3.63, 3.8) is 0 Å². The highest BCUT2D eigenvalue weighted by atomic mass is 16.5. The van der Waals surface area contributed by atoms with E-state index in [4.69, 9.17) is 14.1 Å².